The molecule has 1 amide bonds. The highest BCUT2D eigenvalue weighted by Gasteiger charge is 2.15. The third-order valence-electron chi connectivity index (χ3n) is 2.01. The van der Waals surface area contributed by atoms with Gasteiger partial charge in [0.2, 0.25) is 0 Å². The molecule has 2 N–H and O–H groups in total. The molecule has 4 heteroatoms. The smallest absolute Gasteiger partial charge is 0.262 e. The van der Waals surface area contributed by atoms with Gasteiger partial charge in [-0.15, -0.1) is 0 Å². The van der Waals surface area contributed by atoms with Gasteiger partial charge in [-0.2, -0.15) is 0 Å². The lowest BCUT2D eigenvalue weighted by atomic mass is 10.1. The minimum atomic E-state index is -0.320. The highest BCUT2D eigenvalue weighted by atomic mass is 19.1. The lowest BCUT2D eigenvalue weighted by Gasteiger charge is -1.96. The molecule has 1 fully saturated rings. The van der Waals surface area contributed by atoms with E-state index in [1.165, 1.54) is 6.07 Å². The van der Waals surface area contributed by atoms with Gasteiger partial charge in [0.15, 0.2) is 0 Å². The molecule has 0 radical (unpaired) electrons. The van der Waals surface area contributed by atoms with Gasteiger partial charge in [0.1, 0.15) is 5.82 Å². The Labute approximate surface area is 80.6 Å². The monoisotopic (exact) mass is 192 g/mol. The minimum absolute atomic E-state index is 0.201. The van der Waals surface area contributed by atoms with Crippen molar-refractivity contribution in [1.82, 2.24) is 10.9 Å². The fraction of sp³-hybridized carbons (Fsp3) is 0.100. The van der Waals surface area contributed by atoms with E-state index in [1.807, 2.05) is 0 Å². The molecule has 0 unspecified atom stereocenters. The summed E-state index contributed by atoms with van der Waals surface area (Å²) in [4.78, 5) is 11.1. The van der Waals surface area contributed by atoms with E-state index in [4.69, 9.17) is 0 Å². The SMILES string of the molecule is O=C1NNC/C1=C\c1ccccc1F. The van der Waals surface area contributed by atoms with Gasteiger partial charge in [0, 0.05) is 17.7 Å². The summed E-state index contributed by atoms with van der Waals surface area (Å²) in [7, 11) is 0. The molecule has 1 aromatic carbocycles. The number of carbonyl (C=O) groups is 1. The maximum atomic E-state index is 13.2. The Morgan fingerprint density at radius 3 is 2.79 bits per heavy atom. The molecule has 0 saturated carbocycles. The largest absolute Gasteiger partial charge is 0.287 e. The van der Waals surface area contributed by atoms with Gasteiger partial charge >= 0.3 is 0 Å². The Morgan fingerprint density at radius 1 is 1.36 bits per heavy atom. The zero-order valence-electron chi connectivity index (χ0n) is 7.38. The van der Waals surface area contributed by atoms with Crippen LogP contribution in [-0.4, -0.2) is 12.5 Å². The number of nitrogens with one attached hydrogen (secondary N) is 2. The Balaban J connectivity index is 2.33. The van der Waals surface area contributed by atoms with Crippen molar-refractivity contribution < 1.29 is 9.18 Å². The predicted octanol–water partition coefficient (Wildman–Crippen LogP) is 0.843. The predicted molar refractivity (Wildman–Crippen MR) is 50.5 cm³/mol. The quantitative estimate of drug-likeness (QED) is 0.647. The second-order valence-electron chi connectivity index (χ2n) is 3.00. The van der Waals surface area contributed by atoms with Crippen molar-refractivity contribution >= 4 is 12.0 Å². The molecule has 1 aliphatic rings. The molecule has 0 aromatic heterocycles. The van der Waals surface area contributed by atoms with Crippen molar-refractivity contribution in [1.29, 1.82) is 0 Å². The highest BCUT2D eigenvalue weighted by Crippen LogP contribution is 2.12. The molecule has 0 spiro atoms. The van der Waals surface area contributed by atoms with Gasteiger partial charge in [-0.3, -0.25) is 10.2 Å². The number of amides is 1. The average molecular weight is 192 g/mol. The topological polar surface area (TPSA) is 41.1 Å². The van der Waals surface area contributed by atoms with Crippen LogP contribution in [0.3, 0.4) is 0 Å². The van der Waals surface area contributed by atoms with Crippen LogP contribution < -0.4 is 10.9 Å². The van der Waals surface area contributed by atoms with Crippen molar-refractivity contribution in [3.8, 4) is 0 Å². The summed E-state index contributed by atoms with van der Waals surface area (Å²) in [6.45, 7) is 0.424. The van der Waals surface area contributed by atoms with E-state index >= 15 is 0 Å². The first-order chi connectivity index (χ1) is 6.77. The molecule has 1 aliphatic heterocycles. The summed E-state index contributed by atoms with van der Waals surface area (Å²) >= 11 is 0. The minimum Gasteiger partial charge on any atom is -0.287 e. The number of rotatable bonds is 1. The first-order valence-corrected chi connectivity index (χ1v) is 4.25. The van der Waals surface area contributed by atoms with Crippen LogP contribution in [0.15, 0.2) is 29.8 Å². The van der Waals surface area contributed by atoms with Gasteiger partial charge in [0.25, 0.3) is 5.91 Å². The number of benzene rings is 1. The summed E-state index contributed by atoms with van der Waals surface area (Å²) < 4.78 is 13.2. The van der Waals surface area contributed by atoms with Crippen molar-refractivity contribution in [2.24, 2.45) is 0 Å². The van der Waals surface area contributed by atoms with Crippen LogP contribution in [-0.2, 0) is 4.79 Å². The van der Waals surface area contributed by atoms with Crippen LogP contribution in [0.2, 0.25) is 0 Å². The maximum absolute atomic E-state index is 13.2. The van der Waals surface area contributed by atoms with E-state index in [1.54, 1.807) is 24.3 Å². The van der Waals surface area contributed by atoms with Crippen LogP contribution in [0.25, 0.3) is 6.08 Å². The Hall–Kier alpha value is -1.68. The standard InChI is InChI=1S/C10H9FN2O/c11-9-4-2-1-3-7(9)5-8-6-12-13-10(8)14/h1-5,12H,6H2,(H,13,14)/b8-5+. The normalized spacial score (nSPS) is 18.6. The van der Waals surface area contributed by atoms with E-state index in [-0.39, 0.29) is 11.7 Å². The molecular weight excluding hydrogens is 183 g/mol. The summed E-state index contributed by atoms with van der Waals surface area (Å²) in [6, 6.07) is 6.35. The van der Waals surface area contributed by atoms with E-state index < -0.39 is 0 Å². The van der Waals surface area contributed by atoms with E-state index in [0.717, 1.165) is 0 Å². The zero-order valence-corrected chi connectivity index (χ0v) is 7.38. The van der Waals surface area contributed by atoms with Crippen LogP contribution in [0.4, 0.5) is 4.39 Å². The lowest BCUT2D eigenvalue weighted by Crippen LogP contribution is -2.25. The Morgan fingerprint density at radius 2 is 2.14 bits per heavy atom. The van der Waals surface area contributed by atoms with E-state index in [9.17, 15) is 9.18 Å². The number of halogens is 1. The average Bonchev–Trinajstić information content (AvgIpc) is 2.56. The van der Waals surface area contributed by atoms with Gasteiger partial charge in [-0.25, -0.2) is 9.82 Å². The summed E-state index contributed by atoms with van der Waals surface area (Å²) in [5, 5.41) is 0. The number of hydrogen-bond donors (Lipinski definition) is 2. The molecular formula is C10H9FN2O. The number of hydrogen-bond acceptors (Lipinski definition) is 2. The van der Waals surface area contributed by atoms with Gasteiger partial charge < -0.3 is 0 Å². The summed E-state index contributed by atoms with van der Waals surface area (Å²) in [5.41, 5.74) is 6.07. The third-order valence-corrected chi connectivity index (χ3v) is 2.01. The second kappa shape index (κ2) is 3.59. The van der Waals surface area contributed by atoms with Crippen molar-refractivity contribution in [2.45, 2.75) is 0 Å². The van der Waals surface area contributed by atoms with Crippen molar-refractivity contribution in [3.63, 3.8) is 0 Å². The molecule has 0 atom stereocenters. The van der Waals surface area contributed by atoms with Gasteiger partial charge in [-0.1, -0.05) is 18.2 Å². The van der Waals surface area contributed by atoms with Gasteiger partial charge in [-0.05, 0) is 12.1 Å². The van der Waals surface area contributed by atoms with Crippen LogP contribution in [0, 0.1) is 5.82 Å². The molecule has 1 aromatic rings. The van der Waals surface area contributed by atoms with Crippen molar-refractivity contribution in [2.75, 3.05) is 6.54 Å². The van der Waals surface area contributed by atoms with Crippen molar-refractivity contribution in [3.05, 3.63) is 41.2 Å². The highest BCUT2D eigenvalue weighted by molar-refractivity contribution is 5.99. The van der Waals surface area contributed by atoms with Gasteiger partial charge in [0.05, 0.1) is 0 Å². The number of hydrazine groups is 1. The summed E-state index contributed by atoms with van der Waals surface area (Å²) in [5.74, 6) is -0.520. The molecule has 1 saturated heterocycles. The Kier molecular flexibility index (Phi) is 2.28. The van der Waals surface area contributed by atoms with Crippen LogP contribution >= 0.6 is 0 Å². The van der Waals surface area contributed by atoms with E-state index in [0.29, 0.717) is 17.7 Å². The number of carbonyl (C=O) groups excluding carboxylic acids is 1. The van der Waals surface area contributed by atoms with Crippen LogP contribution in [0.1, 0.15) is 5.56 Å². The van der Waals surface area contributed by atoms with E-state index in [2.05, 4.69) is 10.9 Å². The first-order valence-electron chi connectivity index (χ1n) is 4.25. The van der Waals surface area contributed by atoms with Crippen LogP contribution in [0.5, 0.6) is 0 Å². The molecule has 2 rings (SSSR count). The molecule has 14 heavy (non-hydrogen) atoms. The molecule has 0 aliphatic carbocycles. The fourth-order valence-corrected chi connectivity index (χ4v) is 1.28. The molecule has 1 heterocycles. The summed E-state index contributed by atoms with van der Waals surface area (Å²) in [6.07, 6.45) is 1.55. The first kappa shape index (κ1) is 8.90. The molecule has 72 valence electrons. The second-order valence-corrected chi connectivity index (χ2v) is 3.00. The fourth-order valence-electron chi connectivity index (χ4n) is 1.28. The maximum Gasteiger partial charge on any atom is 0.262 e. The molecule has 0 bridgehead atoms. The lowest BCUT2D eigenvalue weighted by molar-refractivity contribution is -0.116. The zero-order chi connectivity index (χ0) is 9.97. The third kappa shape index (κ3) is 1.65. The Bertz CT molecular complexity index is 401. The molecule has 3 nitrogen and oxygen atoms in total.